The lowest BCUT2D eigenvalue weighted by Gasteiger charge is -2.16. The number of carbonyl (C=O) groups is 1. The minimum atomic E-state index is -0.769. The molecule has 6 nitrogen and oxygen atoms in total. The zero-order chi connectivity index (χ0) is 21.2. The summed E-state index contributed by atoms with van der Waals surface area (Å²) in [6, 6.07) is 5.89. The van der Waals surface area contributed by atoms with E-state index in [4.69, 9.17) is 15.2 Å². The van der Waals surface area contributed by atoms with Crippen molar-refractivity contribution < 1.29 is 24.5 Å². The van der Waals surface area contributed by atoms with E-state index in [0.29, 0.717) is 17.7 Å². The van der Waals surface area contributed by atoms with Gasteiger partial charge in [0.1, 0.15) is 40.3 Å². The van der Waals surface area contributed by atoms with Crippen molar-refractivity contribution in [2.75, 3.05) is 7.05 Å². The van der Waals surface area contributed by atoms with Gasteiger partial charge in [0.2, 0.25) is 0 Å². The summed E-state index contributed by atoms with van der Waals surface area (Å²) in [5.74, 6) is -1.44. The molecule has 1 aliphatic heterocycles. The molecule has 0 saturated carbocycles. The second-order valence-corrected chi connectivity index (χ2v) is 7.16. The van der Waals surface area contributed by atoms with Crippen molar-refractivity contribution in [1.29, 1.82) is 0 Å². The van der Waals surface area contributed by atoms with E-state index < -0.39 is 23.1 Å². The fourth-order valence-corrected chi connectivity index (χ4v) is 2.96. The fourth-order valence-electron chi connectivity index (χ4n) is 2.96. The molecule has 1 heterocycles. The number of nitrogens with two attached hydrogens (primary N) is 1. The van der Waals surface area contributed by atoms with E-state index in [1.54, 1.807) is 13.1 Å². The first kappa shape index (κ1) is 20.3. The summed E-state index contributed by atoms with van der Waals surface area (Å²) >= 11 is 0. The lowest BCUT2D eigenvalue weighted by molar-refractivity contribution is 0.100. The first-order valence-electron chi connectivity index (χ1n) is 8.89. The molecule has 2 aromatic rings. The predicted molar refractivity (Wildman–Crippen MR) is 108 cm³/mol. The van der Waals surface area contributed by atoms with Gasteiger partial charge in [-0.1, -0.05) is 0 Å². The monoisotopic (exact) mass is 403 g/mol. The Labute approximate surface area is 168 Å². The van der Waals surface area contributed by atoms with Crippen LogP contribution in [-0.4, -0.2) is 24.4 Å². The summed E-state index contributed by atoms with van der Waals surface area (Å²) in [5.41, 5.74) is 6.06. The van der Waals surface area contributed by atoms with Crippen LogP contribution in [0.3, 0.4) is 0 Å². The highest BCUT2D eigenvalue weighted by Crippen LogP contribution is 2.43. The average molecular weight is 403 g/mol. The van der Waals surface area contributed by atoms with Gasteiger partial charge in [-0.05, 0) is 38.3 Å². The lowest BCUT2D eigenvalue weighted by atomic mass is 9.99. The topological polar surface area (TPSA) is 85.9 Å². The summed E-state index contributed by atoms with van der Waals surface area (Å²) in [6.45, 7) is 3.78. The van der Waals surface area contributed by atoms with Crippen LogP contribution < -0.4 is 20.5 Å². The first-order valence-corrected chi connectivity index (χ1v) is 8.89. The van der Waals surface area contributed by atoms with Crippen LogP contribution in [0.2, 0.25) is 0 Å². The number of amides is 1. The number of nitrogens with zero attached hydrogens (tertiary/aromatic N) is 1. The Morgan fingerprint density at radius 1 is 1.28 bits per heavy atom. The lowest BCUT2D eigenvalue weighted by Crippen LogP contribution is -2.24. The number of hydrogen-bond acceptors (Lipinski definition) is 4. The molecule has 0 aliphatic carbocycles. The Morgan fingerprint density at radius 2 is 1.97 bits per heavy atom. The Hall–Kier alpha value is -3.42. The van der Waals surface area contributed by atoms with Crippen LogP contribution in [0.1, 0.15) is 31.2 Å². The normalized spacial score (nSPS) is 15.1. The van der Waals surface area contributed by atoms with Gasteiger partial charge in [0.15, 0.2) is 0 Å². The fraction of sp³-hybridized carbons (Fsp3) is 0.238. The largest absolute Gasteiger partial charge is 0.487 e. The van der Waals surface area contributed by atoms with Gasteiger partial charge in [-0.15, -0.1) is 0 Å². The third kappa shape index (κ3) is 4.90. The quantitative estimate of drug-likeness (QED) is 0.583. The molecule has 0 fully saturated rings. The third-order valence-corrected chi connectivity index (χ3v) is 4.12. The molecule has 0 radical (unpaired) electrons. The minimum absolute atomic E-state index is 0. The average Bonchev–Trinajstić information content (AvgIpc) is 2.93. The van der Waals surface area contributed by atoms with Crippen LogP contribution in [0, 0.1) is 11.6 Å². The zero-order valence-electron chi connectivity index (χ0n) is 16.3. The Kier molecular flexibility index (Phi) is 5.54. The van der Waals surface area contributed by atoms with Crippen molar-refractivity contribution in [3.63, 3.8) is 0 Å². The Bertz CT molecular complexity index is 1000. The van der Waals surface area contributed by atoms with Crippen molar-refractivity contribution in [3.8, 4) is 17.2 Å². The number of nitrogens with one attached hydrogen (secondary N) is 1. The van der Waals surface area contributed by atoms with Crippen LogP contribution in [-0.2, 0) is 6.42 Å². The molecule has 0 spiro atoms. The number of hydrogen-bond donors (Lipinski definition) is 2. The molecule has 154 valence electrons. The first-order chi connectivity index (χ1) is 13.7. The number of ether oxygens (including phenoxy) is 2. The maximum Gasteiger partial charge on any atom is 0.279 e. The van der Waals surface area contributed by atoms with Crippen molar-refractivity contribution in [2.45, 2.75) is 25.9 Å². The molecule has 0 atom stereocenters. The van der Waals surface area contributed by atoms with E-state index in [0.717, 1.165) is 18.2 Å². The van der Waals surface area contributed by atoms with Crippen LogP contribution in [0.15, 0.2) is 47.6 Å². The molecule has 0 unspecified atom stereocenters. The zero-order valence-corrected chi connectivity index (χ0v) is 16.3. The molecule has 3 N–H and O–H groups in total. The molecular formula is C21H23F2N3O3. The van der Waals surface area contributed by atoms with E-state index in [-0.39, 0.29) is 24.3 Å². The van der Waals surface area contributed by atoms with E-state index in [1.165, 1.54) is 18.3 Å². The summed E-state index contributed by atoms with van der Waals surface area (Å²) < 4.78 is 38.7. The molecule has 2 aromatic carbocycles. The third-order valence-electron chi connectivity index (χ3n) is 4.12. The second-order valence-electron chi connectivity index (χ2n) is 7.16. The van der Waals surface area contributed by atoms with Crippen molar-refractivity contribution in [2.24, 2.45) is 10.7 Å². The molecule has 8 heteroatoms. The van der Waals surface area contributed by atoms with E-state index in [9.17, 15) is 13.6 Å². The van der Waals surface area contributed by atoms with Crippen LogP contribution in [0.4, 0.5) is 8.78 Å². The number of aliphatic imine (C=N–C) groups is 1. The minimum Gasteiger partial charge on any atom is -0.487 e. The summed E-state index contributed by atoms with van der Waals surface area (Å²) in [4.78, 5) is 16.4. The molecule has 1 aliphatic rings. The van der Waals surface area contributed by atoms with Gasteiger partial charge < -0.3 is 20.5 Å². The van der Waals surface area contributed by atoms with Crippen LogP contribution in [0.25, 0.3) is 0 Å². The van der Waals surface area contributed by atoms with Gasteiger partial charge in [-0.2, -0.15) is 4.99 Å². The number of fused-ring (bicyclic) bond motifs is 1. The number of amidine groups is 1. The molecular weight excluding hydrogens is 380 g/mol. The second kappa shape index (κ2) is 7.90. The molecule has 0 bridgehead atoms. The molecule has 0 aromatic heterocycles. The van der Waals surface area contributed by atoms with E-state index in [2.05, 4.69) is 10.3 Å². The van der Waals surface area contributed by atoms with E-state index >= 15 is 0 Å². The molecule has 0 saturated heterocycles. The Morgan fingerprint density at radius 3 is 2.62 bits per heavy atom. The van der Waals surface area contributed by atoms with Gasteiger partial charge >= 0.3 is 0 Å². The maximum atomic E-state index is 13.5. The highest BCUT2D eigenvalue weighted by molar-refractivity contribution is 6.06. The van der Waals surface area contributed by atoms with Gasteiger partial charge in [0, 0.05) is 44.2 Å². The molecule has 3 rings (SSSR count). The van der Waals surface area contributed by atoms with Crippen LogP contribution >= 0.6 is 0 Å². The number of halogens is 2. The standard InChI is InChI=1S/C21H21F2N3O3.H2/c1-21(2)11-16-17(28-15-9-13(22)8-14(23)10-15)6-12(7-18(16)29-21)20(27)26-19(24)4-5-25-3;/h4-10,25H,11H2,1-3H3,(H2,24,26,27);1H/b5-4-;. The summed E-state index contributed by atoms with van der Waals surface area (Å²) in [6.07, 6.45) is 3.48. The maximum absolute atomic E-state index is 13.5. The van der Waals surface area contributed by atoms with Crippen molar-refractivity contribution in [1.82, 2.24) is 5.32 Å². The van der Waals surface area contributed by atoms with E-state index in [1.807, 2.05) is 13.8 Å². The van der Waals surface area contributed by atoms with Gasteiger partial charge in [-0.25, -0.2) is 8.78 Å². The number of carbonyl (C=O) groups excluding carboxylic acids is 1. The SMILES string of the molecule is CN/C=C\C(N)=NC(=O)c1cc(Oc2cc(F)cc(F)c2)c2c(c1)OC(C)(C)C2.[HH]. The van der Waals surface area contributed by atoms with Crippen LogP contribution in [0.5, 0.6) is 17.2 Å². The molecule has 1 amide bonds. The number of rotatable bonds is 5. The Balaban J connectivity index is 0.00000320. The highest BCUT2D eigenvalue weighted by Gasteiger charge is 2.34. The van der Waals surface area contributed by atoms with Crippen molar-refractivity contribution >= 4 is 11.7 Å². The van der Waals surface area contributed by atoms with Crippen molar-refractivity contribution in [3.05, 3.63) is 65.4 Å². The van der Waals surface area contributed by atoms with Gasteiger partial charge in [-0.3, -0.25) is 4.79 Å². The number of benzene rings is 2. The molecule has 29 heavy (non-hydrogen) atoms. The van der Waals surface area contributed by atoms with Gasteiger partial charge in [0.05, 0.1) is 0 Å². The smallest absolute Gasteiger partial charge is 0.279 e. The highest BCUT2D eigenvalue weighted by atomic mass is 19.1. The summed E-state index contributed by atoms with van der Waals surface area (Å²) in [5, 5.41) is 2.75. The summed E-state index contributed by atoms with van der Waals surface area (Å²) in [7, 11) is 1.68. The van der Waals surface area contributed by atoms with Gasteiger partial charge in [0.25, 0.3) is 5.91 Å². The predicted octanol–water partition coefficient (Wildman–Crippen LogP) is 3.95.